The van der Waals surface area contributed by atoms with Crippen LogP contribution >= 0.6 is 0 Å². The normalized spacial score (nSPS) is 22.0. The van der Waals surface area contributed by atoms with Gasteiger partial charge in [0.05, 0.1) is 0 Å². The van der Waals surface area contributed by atoms with Crippen LogP contribution in [0.1, 0.15) is 30.9 Å². The molecule has 2 aliphatic rings. The second-order valence-corrected chi connectivity index (χ2v) is 6.39. The molecular weight excluding hydrogens is 276 g/mol. The Morgan fingerprint density at radius 3 is 2.45 bits per heavy atom. The number of rotatable bonds is 1. The van der Waals surface area contributed by atoms with Crippen molar-refractivity contribution in [2.75, 3.05) is 26.2 Å². The zero-order valence-corrected chi connectivity index (χ0v) is 13.3. The summed E-state index contributed by atoms with van der Waals surface area (Å²) in [4.78, 5) is 28.1. The van der Waals surface area contributed by atoms with Gasteiger partial charge in [-0.2, -0.15) is 0 Å². The molecule has 1 saturated heterocycles. The topological polar surface area (TPSA) is 40.6 Å². The van der Waals surface area contributed by atoms with Crippen LogP contribution in [-0.2, 0) is 22.4 Å². The van der Waals surface area contributed by atoms with Gasteiger partial charge in [-0.05, 0) is 36.8 Å². The SMILES string of the molecule is CC(=O)N1CCCN(C(=O)C2CCc3ccccc3C2)CC1. The maximum Gasteiger partial charge on any atom is 0.226 e. The zero-order valence-electron chi connectivity index (χ0n) is 13.3. The fraction of sp³-hybridized carbons (Fsp3) is 0.556. The fourth-order valence-corrected chi connectivity index (χ4v) is 3.62. The van der Waals surface area contributed by atoms with Gasteiger partial charge in [-0.25, -0.2) is 0 Å². The molecule has 0 radical (unpaired) electrons. The third-order valence-electron chi connectivity index (χ3n) is 4.95. The van der Waals surface area contributed by atoms with E-state index in [1.807, 2.05) is 9.80 Å². The zero-order chi connectivity index (χ0) is 15.5. The Labute approximate surface area is 132 Å². The Hall–Kier alpha value is -1.84. The van der Waals surface area contributed by atoms with Gasteiger partial charge in [0.1, 0.15) is 0 Å². The minimum absolute atomic E-state index is 0.110. The highest BCUT2D eigenvalue weighted by atomic mass is 16.2. The van der Waals surface area contributed by atoms with Crippen molar-refractivity contribution in [3.05, 3.63) is 35.4 Å². The van der Waals surface area contributed by atoms with Crippen LogP contribution in [0.4, 0.5) is 0 Å². The minimum Gasteiger partial charge on any atom is -0.341 e. The van der Waals surface area contributed by atoms with Gasteiger partial charge < -0.3 is 9.80 Å². The predicted molar refractivity (Wildman–Crippen MR) is 85.4 cm³/mol. The molecular formula is C18H24N2O2. The second-order valence-electron chi connectivity index (χ2n) is 6.39. The van der Waals surface area contributed by atoms with E-state index < -0.39 is 0 Å². The summed E-state index contributed by atoms with van der Waals surface area (Å²) in [6.45, 7) is 4.50. The van der Waals surface area contributed by atoms with Crippen LogP contribution in [-0.4, -0.2) is 47.8 Å². The van der Waals surface area contributed by atoms with Crippen molar-refractivity contribution in [1.82, 2.24) is 9.80 Å². The summed E-state index contributed by atoms with van der Waals surface area (Å²) in [7, 11) is 0. The van der Waals surface area contributed by atoms with Gasteiger partial charge in [-0.15, -0.1) is 0 Å². The van der Waals surface area contributed by atoms with Crippen molar-refractivity contribution >= 4 is 11.8 Å². The quantitative estimate of drug-likeness (QED) is 0.794. The summed E-state index contributed by atoms with van der Waals surface area (Å²) in [5.74, 6) is 0.500. The van der Waals surface area contributed by atoms with Gasteiger partial charge in [-0.3, -0.25) is 9.59 Å². The highest BCUT2D eigenvalue weighted by Crippen LogP contribution is 2.27. The molecule has 1 unspecified atom stereocenters. The van der Waals surface area contributed by atoms with Crippen molar-refractivity contribution in [3.8, 4) is 0 Å². The molecule has 0 spiro atoms. The Bertz CT molecular complexity index is 570. The molecule has 22 heavy (non-hydrogen) atoms. The molecule has 0 saturated carbocycles. The fourth-order valence-electron chi connectivity index (χ4n) is 3.62. The number of nitrogens with zero attached hydrogens (tertiary/aromatic N) is 2. The van der Waals surface area contributed by atoms with E-state index in [1.165, 1.54) is 11.1 Å². The summed E-state index contributed by atoms with van der Waals surface area (Å²) in [6, 6.07) is 8.45. The van der Waals surface area contributed by atoms with E-state index in [1.54, 1.807) is 6.92 Å². The molecule has 1 aliphatic heterocycles. The van der Waals surface area contributed by atoms with E-state index in [4.69, 9.17) is 0 Å². The van der Waals surface area contributed by atoms with Gasteiger partial charge in [0.2, 0.25) is 11.8 Å². The Morgan fingerprint density at radius 1 is 1.00 bits per heavy atom. The molecule has 1 aromatic carbocycles. The monoisotopic (exact) mass is 300 g/mol. The lowest BCUT2D eigenvalue weighted by Gasteiger charge is -2.29. The van der Waals surface area contributed by atoms with E-state index in [0.717, 1.165) is 38.8 Å². The highest BCUT2D eigenvalue weighted by Gasteiger charge is 2.29. The Balaban J connectivity index is 1.64. The van der Waals surface area contributed by atoms with Crippen LogP contribution in [0.2, 0.25) is 0 Å². The van der Waals surface area contributed by atoms with Gasteiger partial charge in [-0.1, -0.05) is 24.3 Å². The summed E-state index contributed by atoms with van der Waals surface area (Å²) >= 11 is 0. The molecule has 1 heterocycles. The van der Waals surface area contributed by atoms with E-state index >= 15 is 0 Å². The summed E-state index contributed by atoms with van der Waals surface area (Å²) in [5.41, 5.74) is 2.72. The molecule has 4 nitrogen and oxygen atoms in total. The van der Waals surface area contributed by atoms with Crippen LogP contribution in [0, 0.1) is 5.92 Å². The number of benzene rings is 1. The predicted octanol–water partition coefficient (Wildman–Crippen LogP) is 1.87. The first-order valence-corrected chi connectivity index (χ1v) is 8.26. The average Bonchev–Trinajstić information content (AvgIpc) is 2.80. The standard InChI is InChI=1S/C18H24N2O2/c1-14(21)19-9-4-10-20(12-11-19)18(22)17-8-7-15-5-2-3-6-16(15)13-17/h2-3,5-6,17H,4,7-13H2,1H3. The Kier molecular flexibility index (Phi) is 4.46. The maximum atomic E-state index is 12.8. The molecule has 1 aliphatic carbocycles. The number of carbonyl (C=O) groups excluding carboxylic acids is 2. The first-order valence-electron chi connectivity index (χ1n) is 8.26. The van der Waals surface area contributed by atoms with Crippen molar-refractivity contribution < 1.29 is 9.59 Å². The lowest BCUT2D eigenvalue weighted by atomic mass is 9.83. The van der Waals surface area contributed by atoms with E-state index in [9.17, 15) is 9.59 Å². The number of hydrogen-bond acceptors (Lipinski definition) is 2. The lowest BCUT2D eigenvalue weighted by molar-refractivity contribution is -0.136. The third kappa shape index (κ3) is 3.16. The van der Waals surface area contributed by atoms with Gasteiger partial charge in [0, 0.05) is 39.0 Å². The van der Waals surface area contributed by atoms with Crippen LogP contribution < -0.4 is 0 Å². The minimum atomic E-state index is 0.110. The number of amides is 2. The first kappa shape index (κ1) is 15.1. The van der Waals surface area contributed by atoms with E-state index in [-0.39, 0.29) is 17.7 Å². The third-order valence-corrected chi connectivity index (χ3v) is 4.95. The molecule has 118 valence electrons. The molecule has 4 heteroatoms. The summed E-state index contributed by atoms with van der Waals surface area (Å²) in [6.07, 6.45) is 3.69. The molecule has 0 aromatic heterocycles. The molecule has 2 amide bonds. The van der Waals surface area contributed by atoms with Crippen molar-refractivity contribution in [3.63, 3.8) is 0 Å². The molecule has 0 N–H and O–H groups in total. The highest BCUT2D eigenvalue weighted by molar-refractivity contribution is 5.80. The molecule has 1 aromatic rings. The van der Waals surface area contributed by atoms with Gasteiger partial charge in [0.25, 0.3) is 0 Å². The number of hydrogen-bond donors (Lipinski definition) is 0. The smallest absolute Gasteiger partial charge is 0.226 e. The summed E-state index contributed by atoms with van der Waals surface area (Å²) < 4.78 is 0. The first-order chi connectivity index (χ1) is 10.6. The van der Waals surface area contributed by atoms with Crippen molar-refractivity contribution in [2.45, 2.75) is 32.6 Å². The summed E-state index contributed by atoms with van der Waals surface area (Å²) in [5, 5.41) is 0. The van der Waals surface area contributed by atoms with Gasteiger partial charge in [0.15, 0.2) is 0 Å². The molecule has 1 atom stereocenters. The van der Waals surface area contributed by atoms with Crippen LogP contribution in [0.5, 0.6) is 0 Å². The van der Waals surface area contributed by atoms with E-state index in [0.29, 0.717) is 13.1 Å². The number of fused-ring (bicyclic) bond motifs is 1. The molecule has 0 bridgehead atoms. The average molecular weight is 300 g/mol. The van der Waals surface area contributed by atoms with Crippen molar-refractivity contribution in [1.29, 1.82) is 0 Å². The molecule has 3 rings (SSSR count). The Morgan fingerprint density at radius 2 is 1.68 bits per heavy atom. The van der Waals surface area contributed by atoms with E-state index in [2.05, 4.69) is 24.3 Å². The van der Waals surface area contributed by atoms with Crippen LogP contribution in [0.3, 0.4) is 0 Å². The van der Waals surface area contributed by atoms with Crippen LogP contribution in [0.15, 0.2) is 24.3 Å². The van der Waals surface area contributed by atoms with Crippen molar-refractivity contribution in [2.24, 2.45) is 5.92 Å². The lowest BCUT2D eigenvalue weighted by Crippen LogP contribution is -2.41. The van der Waals surface area contributed by atoms with Crippen LogP contribution in [0.25, 0.3) is 0 Å². The molecule has 1 fully saturated rings. The largest absolute Gasteiger partial charge is 0.341 e. The number of aryl methyl sites for hydroxylation is 1. The number of carbonyl (C=O) groups is 2. The maximum absolute atomic E-state index is 12.8. The second kappa shape index (κ2) is 6.51. The van der Waals surface area contributed by atoms with Gasteiger partial charge >= 0.3 is 0 Å².